The normalized spacial score (nSPS) is 12.2. The number of furan rings is 1. The molecule has 5 heteroatoms. The summed E-state index contributed by atoms with van der Waals surface area (Å²) in [7, 11) is 0. The van der Waals surface area contributed by atoms with Crippen molar-refractivity contribution in [3.8, 4) is 22.9 Å². The Kier molecular flexibility index (Phi) is 6.10. The van der Waals surface area contributed by atoms with Gasteiger partial charge in [-0.2, -0.15) is 0 Å². The third-order valence-corrected chi connectivity index (χ3v) is 11.9. The fourth-order valence-electron chi connectivity index (χ4n) is 9.34. The Morgan fingerprint density at radius 3 is 1.89 bits per heavy atom. The SMILES string of the molecule is c1ccc2cc(-c3nc(-n4c5ccc6c7ccccc7oc6c5c5ccc6c(c7ccccc7n6-c6ccc7ccccc7c6)c54)nc4ccccc34)ccc2c1. The van der Waals surface area contributed by atoms with Crippen molar-refractivity contribution < 1.29 is 4.42 Å². The van der Waals surface area contributed by atoms with Gasteiger partial charge in [0.15, 0.2) is 0 Å². The lowest BCUT2D eigenvalue weighted by molar-refractivity contribution is 0.673. The molecule has 0 N–H and O–H groups in total. The van der Waals surface area contributed by atoms with Gasteiger partial charge in [0, 0.05) is 43.6 Å². The molecule has 0 unspecified atom stereocenters. The molecule has 0 radical (unpaired) electrons. The standard InChI is InChI=1S/C52H30N4O/c1-3-13-33-29-35(22-21-31(33)11-1)49-39-16-5-8-18-42(39)53-52(54-49)56-45-27-25-38-37-15-7-10-20-46(37)57-51(38)48(45)41-26-28-44-47(50(41)56)40-17-6-9-19-43(40)55(44)36-24-23-32-12-2-4-14-34(32)30-36/h1-30H. The third kappa shape index (κ3) is 4.28. The average Bonchev–Trinajstić information content (AvgIpc) is 3.93. The van der Waals surface area contributed by atoms with Crippen LogP contribution in [0.4, 0.5) is 0 Å². The molecule has 13 aromatic rings. The van der Waals surface area contributed by atoms with Crippen LogP contribution in [0.3, 0.4) is 0 Å². The number of para-hydroxylation sites is 3. The van der Waals surface area contributed by atoms with Crippen LogP contribution in [0.25, 0.3) is 121 Å². The molecule has 264 valence electrons. The minimum Gasteiger partial charge on any atom is -0.455 e. The van der Waals surface area contributed by atoms with Gasteiger partial charge in [0.1, 0.15) is 11.2 Å². The maximum absolute atomic E-state index is 6.78. The highest BCUT2D eigenvalue weighted by molar-refractivity contribution is 6.31. The minimum atomic E-state index is 0.613. The zero-order valence-electron chi connectivity index (χ0n) is 30.5. The van der Waals surface area contributed by atoms with E-state index in [1.807, 2.05) is 6.07 Å². The van der Waals surface area contributed by atoms with Gasteiger partial charge in [0.2, 0.25) is 5.95 Å². The fourth-order valence-corrected chi connectivity index (χ4v) is 9.34. The molecular weight excluding hydrogens is 697 g/mol. The van der Waals surface area contributed by atoms with Crippen molar-refractivity contribution in [2.24, 2.45) is 0 Å². The van der Waals surface area contributed by atoms with Crippen LogP contribution in [0.15, 0.2) is 186 Å². The van der Waals surface area contributed by atoms with E-state index in [1.165, 1.54) is 21.5 Å². The van der Waals surface area contributed by atoms with E-state index >= 15 is 0 Å². The summed E-state index contributed by atoms with van der Waals surface area (Å²) >= 11 is 0. The van der Waals surface area contributed by atoms with Gasteiger partial charge in [-0.15, -0.1) is 0 Å². The van der Waals surface area contributed by atoms with E-state index in [-0.39, 0.29) is 0 Å². The lowest BCUT2D eigenvalue weighted by Crippen LogP contribution is -2.03. The van der Waals surface area contributed by atoms with Gasteiger partial charge < -0.3 is 8.98 Å². The van der Waals surface area contributed by atoms with Crippen molar-refractivity contribution in [1.29, 1.82) is 0 Å². The van der Waals surface area contributed by atoms with Gasteiger partial charge in [-0.05, 0) is 82.2 Å². The van der Waals surface area contributed by atoms with Crippen molar-refractivity contribution in [2.75, 3.05) is 0 Å². The van der Waals surface area contributed by atoms with Crippen LogP contribution in [-0.4, -0.2) is 19.1 Å². The summed E-state index contributed by atoms with van der Waals surface area (Å²) in [4.78, 5) is 10.9. The summed E-state index contributed by atoms with van der Waals surface area (Å²) in [5.41, 5.74) is 9.97. The van der Waals surface area contributed by atoms with Gasteiger partial charge in [-0.1, -0.05) is 121 Å². The van der Waals surface area contributed by atoms with Crippen LogP contribution in [0.2, 0.25) is 0 Å². The third-order valence-electron chi connectivity index (χ3n) is 11.9. The van der Waals surface area contributed by atoms with Crippen molar-refractivity contribution in [2.45, 2.75) is 0 Å². The van der Waals surface area contributed by atoms with Gasteiger partial charge in [0.05, 0.1) is 38.7 Å². The fraction of sp³-hybridized carbons (Fsp3) is 0. The lowest BCUT2D eigenvalue weighted by atomic mass is 10.0. The Bertz CT molecular complexity index is 3830. The quantitative estimate of drug-likeness (QED) is 0.182. The second kappa shape index (κ2) is 11.4. The van der Waals surface area contributed by atoms with Crippen LogP contribution < -0.4 is 0 Å². The molecular formula is C52H30N4O. The number of hydrogen-bond acceptors (Lipinski definition) is 3. The summed E-state index contributed by atoms with van der Waals surface area (Å²) in [5, 5.41) is 12.4. The summed E-state index contributed by atoms with van der Waals surface area (Å²) < 4.78 is 11.5. The molecule has 4 aromatic heterocycles. The molecule has 0 saturated heterocycles. The lowest BCUT2D eigenvalue weighted by Gasteiger charge is -2.13. The predicted octanol–water partition coefficient (Wildman–Crippen LogP) is 13.7. The first-order chi connectivity index (χ1) is 28.3. The smallest absolute Gasteiger partial charge is 0.235 e. The zero-order valence-corrected chi connectivity index (χ0v) is 30.5. The molecule has 0 aliphatic rings. The highest BCUT2D eigenvalue weighted by Gasteiger charge is 2.25. The second-order valence-corrected chi connectivity index (χ2v) is 15.0. The van der Waals surface area contributed by atoms with E-state index in [9.17, 15) is 0 Å². The van der Waals surface area contributed by atoms with Gasteiger partial charge in [0.25, 0.3) is 0 Å². The first-order valence-electron chi connectivity index (χ1n) is 19.3. The van der Waals surface area contributed by atoms with Crippen LogP contribution >= 0.6 is 0 Å². The predicted molar refractivity (Wildman–Crippen MR) is 236 cm³/mol. The van der Waals surface area contributed by atoms with E-state index < -0.39 is 0 Å². The molecule has 0 saturated carbocycles. The monoisotopic (exact) mass is 726 g/mol. The van der Waals surface area contributed by atoms with E-state index in [0.29, 0.717) is 5.95 Å². The van der Waals surface area contributed by atoms with E-state index in [1.54, 1.807) is 0 Å². The molecule has 0 atom stereocenters. The van der Waals surface area contributed by atoms with Crippen molar-refractivity contribution >= 4 is 98.0 Å². The van der Waals surface area contributed by atoms with Gasteiger partial charge in [-0.25, -0.2) is 9.97 Å². The molecule has 0 amide bonds. The summed E-state index contributed by atoms with van der Waals surface area (Å²) in [6.07, 6.45) is 0. The van der Waals surface area contributed by atoms with Crippen LogP contribution in [-0.2, 0) is 0 Å². The highest BCUT2D eigenvalue weighted by Crippen LogP contribution is 2.45. The van der Waals surface area contributed by atoms with Gasteiger partial charge >= 0.3 is 0 Å². The molecule has 9 aromatic carbocycles. The molecule has 0 fully saturated rings. The molecule has 0 bridgehead atoms. The number of hydrogen-bond donors (Lipinski definition) is 0. The largest absolute Gasteiger partial charge is 0.455 e. The Labute approximate surface area is 325 Å². The minimum absolute atomic E-state index is 0.613. The summed E-state index contributed by atoms with van der Waals surface area (Å²) in [6.45, 7) is 0. The van der Waals surface area contributed by atoms with E-state index in [2.05, 4.69) is 185 Å². The van der Waals surface area contributed by atoms with Crippen molar-refractivity contribution in [3.63, 3.8) is 0 Å². The molecule has 0 aliphatic heterocycles. The van der Waals surface area contributed by atoms with Crippen molar-refractivity contribution in [1.82, 2.24) is 19.1 Å². The maximum atomic E-state index is 6.78. The Morgan fingerprint density at radius 2 is 1.05 bits per heavy atom. The molecule has 57 heavy (non-hydrogen) atoms. The molecule has 0 aliphatic carbocycles. The maximum Gasteiger partial charge on any atom is 0.235 e. The van der Waals surface area contributed by atoms with E-state index in [0.717, 1.165) is 93.4 Å². The Balaban J connectivity index is 1.21. The van der Waals surface area contributed by atoms with Gasteiger partial charge in [-0.3, -0.25) is 4.57 Å². The summed E-state index contributed by atoms with van der Waals surface area (Å²) in [5.74, 6) is 0.613. The molecule has 4 heterocycles. The zero-order chi connectivity index (χ0) is 37.2. The van der Waals surface area contributed by atoms with Crippen LogP contribution in [0.1, 0.15) is 0 Å². The van der Waals surface area contributed by atoms with E-state index in [4.69, 9.17) is 14.4 Å². The van der Waals surface area contributed by atoms with Crippen LogP contribution in [0.5, 0.6) is 0 Å². The summed E-state index contributed by atoms with van der Waals surface area (Å²) in [6, 6.07) is 64.8. The molecule has 5 nitrogen and oxygen atoms in total. The van der Waals surface area contributed by atoms with Crippen molar-refractivity contribution in [3.05, 3.63) is 182 Å². The first-order valence-corrected chi connectivity index (χ1v) is 19.3. The number of nitrogens with zero attached hydrogens (tertiary/aromatic N) is 4. The molecule has 13 rings (SSSR count). The second-order valence-electron chi connectivity index (χ2n) is 15.0. The Morgan fingerprint density at radius 1 is 0.404 bits per heavy atom. The highest BCUT2D eigenvalue weighted by atomic mass is 16.3. The average molecular weight is 727 g/mol. The topological polar surface area (TPSA) is 48.8 Å². The Hall–Kier alpha value is -7.76. The number of aromatic nitrogens is 4. The number of rotatable bonds is 3. The first kappa shape index (κ1) is 30.6. The van der Waals surface area contributed by atoms with Crippen LogP contribution in [0, 0.1) is 0 Å². The number of fused-ring (bicyclic) bond motifs is 14. The number of benzene rings is 9. The molecule has 0 spiro atoms.